The van der Waals surface area contributed by atoms with Crippen LogP contribution in [0.1, 0.15) is 28.1 Å². The summed E-state index contributed by atoms with van der Waals surface area (Å²) in [6, 6.07) is 13.7. The van der Waals surface area contributed by atoms with Gasteiger partial charge in [-0.15, -0.1) is 0 Å². The number of nitrogens with zero attached hydrogens (tertiary/aromatic N) is 3. The van der Waals surface area contributed by atoms with Crippen LogP contribution in [0.25, 0.3) is 10.9 Å². The first-order valence-corrected chi connectivity index (χ1v) is 9.68. The third-order valence-electron chi connectivity index (χ3n) is 5.17. The van der Waals surface area contributed by atoms with Crippen molar-refractivity contribution < 1.29 is 4.74 Å². The van der Waals surface area contributed by atoms with Crippen molar-refractivity contribution in [2.45, 2.75) is 27.2 Å². The van der Waals surface area contributed by atoms with Gasteiger partial charge in [0.1, 0.15) is 5.75 Å². The molecule has 0 aliphatic carbocycles. The minimum absolute atomic E-state index is 0.171. The molecule has 30 heavy (non-hydrogen) atoms. The molecule has 152 valence electrons. The van der Waals surface area contributed by atoms with Gasteiger partial charge in [-0.3, -0.25) is 15.1 Å². The average molecular weight is 401 g/mol. The Labute approximate surface area is 174 Å². The Morgan fingerprint density at radius 2 is 1.80 bits per heavy atom. The Morgan fingerprint density at radius 3 is 2.53 bits per heavy atom. The Hall–Kier alpha value is -3.74. The van der Waals surface area contributed by atoms with Crippen molar-refractivity contribution in [1.29, 1.82) is 0 Å². The molecule has 0 saturated heterocycles. The second kappa shape index (κ2) is 7.94. The van der Waals surface area contributed by atoms with E-state index in [0.29, 0.717) is 29.6 Å². The summed E-state index contributed by atoms with van der Waals surface area (Å²) in [5.41, 5.74) is 4.99. The van der Waals surface area contributed by atoms with E-state index in [4.69, 9.17) is 4.74 Å². The van der Waals surface area contributed by atoms with Crippen LogP contribution in [0, 0.1) is 20.8 Å². The van der Waals surface area contributed by atoms with Crippen LogP contribution < -0.4 is 15.6 Å². The Balaban J connectivity index is 1.64. The lowest BCUT2D eigenvalue weighted by molar-refractivity contribution is 0.415. The monoisotopic (exact) mass is 401 g/mol. The van der Waals surface area contributed by atoms with Crippen LogP contribution in [-0.2, 0) is 6.42 Å². The van der Waals surface area contributed by atoms with E-state index in [1.165, 1.54) is 0 Å². The number of ether oxygens (including phenoxy) is 1. The fourth-order valence-corrected chi connectivity index (χ4v) is 3.43. The van der Waals surface area contributed by atoms with Crippen molar-refractivity contribution in [2.24, 2.45) is 0 Å². The Kier molecular flexibility index (Phi) is 5.18. The zero-order chi connectivity index (χ0) is 21.3. The number of aromatic amines is 1. The molecular weight excluding hydrogens is 378 g/mol. The SMILES string of the molecule is COc1ccc2nc(Nc3nc(C)c(Cc4ccccc4C)c(=O)[nH]3)nc(C)c2c1. The van der Waals surface area contributed by atoms with E-state index in [2.05, 4.69) is 25.3 Å². The zero-order valence-electron chi connectivity index (χ0n) is 17.4. The van der Waals surface area contributed by atoms with Crippen LogP contribution in [0.15, 0.2) is 47.3 Å². The number of fused-ring (bicyclic) bond motifs is 1. The minimum Gasteiger partial charge on any atom is -0.497 e. The van der Waals surface area contributed by atoms with Crippen LogP contribution in [0.3, 0.4) is 0 Å². The zero-order valence-corrected chi connectivity index (χ0v) is 17.4. The van der Waals surface area contributed by atoms with E-state index in [1.807, 2.05) is 63.2 Å². The number of nitrogens with one attached hydrogen (secondary N) is 2. The number of H-pyrrole nitrogens is 1. The molecule has 0 bridgehead atoms. The predicted octanol–water partition coefficient (Wildman–Crippen LogP) is 3.98. The second-order valence-electron chi connectivity index (χ2n) is 7.22. The van der Waals surface area contributed by atoms with Crippen LogP contribution in [0.2, 0.25) is 0 Å². The standard InChI is InChI=1S/C23H23N5O2/c1-13-7-5-6-8-16(13)11-19-15(3)25-23(27-21(19)29)28-22-24-14(2)18-12-17(30-4)9-10-20(18)26-22/h5-10,12H,11H2,1-4H3,(H2,24,25,26,27,28,29). The number of hydrogen-bond donors (Lipinski definition) is 2. The molecule has 7 nitrogen and oxygen atoms in total. The molecule has 0 aliphatic rings. The number of benzene rings is 2. The maximum absolute atomic E-state index is 12.7. The summed E-state index contributed by atoms with van der Waals surface area (Å²) in [6.45, 7) is 5.78. The summed E-state index contributed by atoms with van der Waals surface area (Å²) in [5.74, 6) is 1.44. The third-order valence-corrected chi connectivity index (χ3v) is 5.17. The highest BCUT2D eigenvalue weighted by Gasteiger charge is 2.12. The highest BCUT2D eigenvalue weighted by atomic mass is 16.5. The smallest absolute Gasteiger partial charge is 0.256 e. The number of rotatable bonds is 5. The van der Waals surface area contributed by atoms with Crippen molar-refractivity contribution >= 4 is 22.8 Å². The van der Waals surface area contributed by atoms with Crippen molar-refractivity contribution in [3.63, 3.8) is 0 Å². The molecule has 2 aromatic carbocycles. The summed E-state index contributed by atoms with van der Waals surface area (Å²) < 4.78 is 5.27. The van der Waals surface area contributed by atoms with Gasteiger partial charge < -0.3 is 4.74 Å². The molecule has 2 N–H and O–H groups in total. The molecule has 0 atom stereocenters. The van der Waals surface area contributed by atoms with Gasteiger partial charge in [-0.25, -0.2) is 15.0 Å². The summed E-state index contributed by atoms with van der Waals surface area (Å²) in [5, 5.41) is 3.94. The largest absolute Gasteiger partial charge is 0.497 e. The van der Waals surface area contributed by atoms with Gasteiger partial charge in [0.15, 0.2) is 0 Å². The van der Waals surface area contributed by atoms with Crippen molar-refractivity contribution in [3.8, 4) is 5.75 Å². The van der Waals surface area contributed by atoms with Gasteiger partial charge in [0.25, 0.3) is 5.56 Å². The first-order valence-electron chi connectivity index (χ1n) is 9.68. The van der Waals surface area contributed by atoms with Crippen LogP contribution in [0.5, 0.6) is 5.75 Å². The third kappa shape index (κ3) is 3.87. The molecule has 0 saturated carbocycles. The molecule has 2 heterocycles. The van der Waals surface area contributed by atoms with Gasteiger partial charge in [-0.1, -0.05) is 24.3 Å². The van der Waals surface area contributed by atoms with Crippen molar-refractivity contribution in [1.82, 2.24) is 19.9 Å². The van der Waals surface area contributed by atoms with Gasteiger partial charge in [-0.05, 0) is 50.1 Å². The molecule has 0 spiro atoms. The summed E-state index contributed by atoms with van der Waals surface area (Å²) in [4.78, 5) is 29.1. The molecular formula is C23H23N5O2. The highest BCUT2D eigenvalue weighted by molar-refractivity contribution is 5.83. The summed E-state index contributed by atoms with van der Waals surface area (Å²) >= 11 is 0. The van der Waals surface area contributed by atoms with Crippen LogP contribution in [0.4, 0.5) is 11.9 Å². The number of methoxy groups -OCH3 is 1. The normalized spacial score (nSPS) is 10.9. The van der Waals surface area contributed by atoms with E-state index in [9.17, 15) is 4.79 Å². The molecule has 4 rings (SSSR count). The molecule has 0 aliphatic heterocycles. The first kappa shape index (κ1) is 19.6. The van der Waals surface area contributed by atoms with E-state index in [-0.39, 0.29) is 5.56 Å². The molecule has 2 aromatic heterocycles. The van der Waals surface area contributed by atoms with Gasteiger partial charge in [-0.2, -0.15) is 0 Å². The van der Waals surface area contributed by atoms with Gasteiger partial charge in [0, 0.05) is 17.4 Å². The van der Waals surface area contributed by atoms with E-state index in [0.717, 1.165) is 33.5 Å². The average Bonchev–Trinajstić information content (AvgIpc) is 2.72. The maximum Gasteiger partial charge on any atom is 0.256 e. The highest BCUT2D eigenvalue weighted by Crippen LogP contribution is 2.23. The van der Waals surface area contributed by atoms with Gasteiger partial charge in [0.2, 0.25) is 11.9 Å². The lowest BCUT2D eigenvalue weighted by Gasteiger charge is -2.11. The van der Waals surface area contributed by atoms with Gasteiger partial charge >= 0.3 is 0 Å². The lowest BCUT2D eigenvalue weighted by Crippen LogP contribution is -2.19. The van der Waals surface area contributed by atoms with E-state index >= 15 is 0 Å². The van der Waals surface area contributed by atoms with E-state index in [1.54, 1.807) is 7.11 Å². The summed E-state index contributed by atoms with van der Waals surface area (Å²) in [6.07, 6.45) is 0.536. The fraction of sp³-hybridized carbons (Fsp3) is 0.217. The predicted molar refractivity (Wildman–Crippen MR) is 118 cm³/mol. The van der Waals surface area contributed by atoms with Crippen molar-refractivity contribution in [2.75, 3.05) is 12.4 Å². The lowest BCUT2D eigenvalue weighted by atomic mass is 10.0. The molecule has 4 aromatic rings. The molecule has 0 unspecified atom stereocenters. The molecule has 7 heteroatoms. The van der Waals surface area contributed by atoms with Crippen LogP contribution in [-0.4, -0.2) is 27.0 Å². The maximum atomic E-state index is 12.7. The molecule has 0 radical (unpaired) electrons. The summed E-state index contributed by atoms with van der Waals surface area (Å²) in [7, 11) is 1.63. The number of aryl methyl sites for hydroxylation is 3. The number of anilines is 2. The topological polar surface area (TPSA) is 92.8 Å². The van der Waals surface area contributed by atoms with Crippen LogP contribution >= 0.6 is 0 Å². The Bertz CT molecular complexity index is 1300. The number of aromatic nitrogens is 4. The minimum atomic E-state index is -0.171. The van der Waals surface area contributed by atoms with Crippen molar-refractivity contribution in [3.05, 3.63) is 80.9 Å². The fourth-order valence-electron chi connectivity index (χ4n) is 3.43. The first-order chi connectivity index (χ1) is 14.4. The molecule has 0 fully saturated rings. The second-order valence-corrected chi connectivity index (χ2v) is 7.22. The Morgan fingerprint density at radius 1 is 1.00 bits per heavy atom. The van der Waals surface area contributed by atoms with E-state index < -0.39 is 0 Å². The quantitative estimate of drug-likeness (QED) is 0.525. The number of hydrogen-bond acceptors (Lipinski definition) is 6. The van der Waals surface area contributed by atoms with Gasteiger partial charge in [0.05, 0.1) is 24.0 Å². The molecule has 0 amide bonds.